The van der Waals surface area contributed by atoms with Crippen LogP contribution < -0.4 is 0 Å². The van der Waals surface area contributed by atoms with Crippen molar-refractivity contribution in [1.82, 2.24) is 0 Å². The van der Waals surface area contributed by atoms with Gasteiger partial charge in [0.15, 0.2) is 0 Å². The highest BCUT2D eigenvalue weighted by atomic mass is 14.9. The average molecular weight is 277 g/mol. The first-order valence-electron chi connectivity index (χ1n) is 7.96. The molecule has 1 aliphatic rings. The van der Waals surface area contributed by atoms with Gasteiger partial charge in [0.1, 0.15) is 0 Å². The van der Waals surface area contributed by atoms with Gasteiger partial charge in [-0.3, -0.25) is 4.99 Å². The summed E-state index contributed by atoms with van der Waals surface area (Å²) in [5.41, 5.74) is 2.53. The van der Waals surface area contributed by atoms with E-state index in [1.165, 1.54) is 28.5 Å². The van der Waals surface area contributed by atoms with E-state index in [1.54, 1.807) is 0 Å². The highest BCUT2D eigenvalue weighted by Gasteiger charge is 2.27. The van der Waals surface area contributed by atoms with Crippen LogP contribution in [0.1, 0.15) is 45.1 Å². The summed E-state index contributed by atoms with van der Waals surface area (Å²) >= 11 is 0. The lowest BCUT2D eigenvalue weighted by Crippen LogP contribution is -2.13. The molecule has 0 saturated carbocycles. The third-order valence-electron chi connectivity index (χ3n) is 4.27. The quantitative estimate of drug-likeness (QED) is 0.651. The Morgan fingerprint density at radius 1 is 1.14 bits per heavy atom. The Labute approximate surface area is 127 Å². The van der Waals surface area contributed by atoms with Crippen molar-refractivity contribution in [2.45, 2.75) is 45.1 Å². The van der Waals surface area contributed by atoms with Crippen LogP contribution in [0.15, 0.2) is 59.6 Å². The Kier molecular flexibility index (Phi) is 3.92. The molecule has 0 aliphatic carbocycles. The average Bonchev–Trinajstić information content (AvgIpc) is 2.90. The van der Waals surface area contributed by atoms with Crippen LogP contribution in [0, 0.1) is 0 Å². The topological polar surface area (TPSA) is 12.4 Å². The summed E-state index contributed by atoms with van der Waals surface area (Å²) in [7, 11) is 0. The van der Waals surface area contributed by atoms with E-state index in [0.29, 0.717) is 0 Å². The van der Waals surface area contributed by atoms with Crippen LogP contribution in [-0.2, 0) is 0 Å². The molecular weight excluding hydrogens is 254 g/mol. The zero-order chi connectivity index (χ0) is 14.7. The number of benzene rings is 2. The Morgan fingerprint density at radius 3 is 2.76 bits per heavy atom. The first-order chi connectivity index (χ1) is 10.2. The van der Waals surface area contributed by atoms with Gasteiger partial charge in [-0.05, 0) is 48.6 Å². The van der Waals surface area contributed by atoms with Gasteiger partial charge in [-0.15, -0.1) is 0 Å². The maximum absolute atomic E-state index is 5.00. The molecule has 2 aromatic rings. The maximum atomic E-state index is 5.00. The minimum Gasteiger partial charge on any atom is -0.279 e. The van der Waals surface area contributed by atoms with Crippen LogP contribution in [0.4, 0.5) is 0 Å². The van der Waals surface area contributed by atoms with Crippen molar-refractivity contribution in [3.8, 4) is 0 Å². The van der Waals surface area contributed by atoms with Crippen molar-refractivity contribution in [3.05, 3.63) is 60.2 Å². The van der Waals surface area contributed by atoms with Gasteiger partial charge in [0.05, 0.1) is 5.54 Å². The molecule has 108 valence electrons. The lowest BCUT2D eigenvalue weighted by Gasteiger charge is -2.14. The number of allylic oxidation sites excluding steroid dienone is 1. The molecule has 2 aromatic carbocycles. The molecule has 1 heterocycles. The summed E-state index contributed by atoms with van der Waals surface area (Å²) in [5, 5.41) is 2.60. The second-order valence-corrected chi connectivity index (χ2v) is 6.17. The van der Waals surface area contributed by atoms with E-state index in [9.17, 15) is 0 Å². The van der Waals surface area contributed by atoms with Crippen molar-refractivity contribution in [3.63, 3.8) is 0 Å². The summed E-state index contributed by atoms with van der Waals surface area (Å²) in [4.78, 5) is 5.00. The van der Waals surface area contributed by atoms with E-state index in [-0.39, 0.29) is 5.54 Å². The molecule has 0 amide bonds. The molecule has 0 N–H and O–H groups in total. The lowest BCUT2D eigenvalue weighted by atomic mass is 9.97. The Balaban J connectivity index is 1.89. The molecule has 0 fully saturated rings. The van der Waals surface area contributed by atoms with Crippen molar-refractivity contribution in [2.75, 3.05) is 0 Å². The summed E-state index contributed by atoms with van der Waals surface area (Å²) in [5.74, 6) is 0. The molecule has 0 spiro atoms. The molecule has 1 unspecified atom stereocenters. The van der Waals surface area contributed by atoms with Crippen LogP contribution in [0.5, 0.6) is 0 Å². The molecule has 1 atom stereocenters. The highest BCUT2D eigenvalue weighted by Crippen LogP contribution is 2.30. The minimum atomic E-state index is -0.00382. The number of nitrogens with zero attached hydrogens (tertiary/aromatic N) is 1. The fourth-order valence-electron chi connectivity index (χ4n) is 2.99. The van der Waals surface area contributed by atoms with Crippen LogP contribution >= 0.6 is 0 Å². The number of aliphatic imine (C=N–C) groups is 1. The molecule has 21 heavy (non-hydrogen) atoms. The zero-order valence-corrected chi connectivity index (χ0v) is 13.0. The smallest absolute Gasteiger partial charge is 0.0766 e. The fraction of sp³-hybridized carbons (Fsp3) is 0.350. The summed E-state index contributed by atoms with van der Waals surface area (Å²) < 4.78 is 0. The number of hydrogen-bond acceptors (Lipinski definition) is 1. The largest absolute Gasteiger partial charge is 0.279 e. The molecule has 0 aromatic heterocycles. The number of fused-ring (bicyclic) bond motifs is 1. The molecule has 0 radical (unpaired) electrons. The van der Waals surface area contributed by atoms with E-state index in [2.05, 4.69) is 68.5 Å². The van der Waals surface area contributed by atoms with Gasteiger partial charge in [0, 0.05) is 5.71 Å². The standard InChI is InChI=1S/C20H23N/c1-3-4-7-13-20(2)14-12-19(21-20)18-11-10-16-8-5-6-9-17(16)15-18/h5-11,13,15H,3-4,12,14H2,1-2H3/b13-7+. The maximum Gasteiger partial charge on any atom is 0.0766 e. The third-order valence-corrected chi connectivity index (χ3v) is 4.27. The van der Waals surface area contributed by atoms with Crippen LogP contribution in [0.25, 0.3) is 10.8 Å². The monoisotopic (exact) mass is 277 g/mol. The Hall–Kier alpha value is -1.89. The van der Waals surface area contributed by atoms with Gasteiger partial charge in [-0.25, -0.2) is 0 Å². The Bertz CT molecular complexity index is 696. The predicted molar refractivity (Wildman–Crippen MR) is 92.2 cm³/mol. The summed E-state index contributed by atoms with van der Waals surface area (Å²) in [6.07, 6.45) is 9.13. The predicted octanol–water partition coefficient (Wildman–Crippen LogP) is 5.54. The van der Waals surface area contributed by atoms with Gasteiger partial charge in [-0.2, -0.15) is 0 Å². The SMILES string of the molecule is CCC/C=C/C1(C)CCC(c2ccc3ccccc3c2)=N1. The third kappa shape index (κ3) is 3.07. The van der Waals surface area contributed by atoms with E-state index >= 15 is 0 Å². The van der Waals surface area contributed by atoms with Gasteiger partial charge in [-0.1, -0.05) is 61.9 Å². The van der Waals surface area contributed by atoms with Crippen molar-refractivity contribution in [2.24, 2.45) is 4.99 Å². The van der Waals surface area contributed by atoms with Gasteiger partial charge in [0.25, 0.3) is 0 Å². The van der Waals surface area contributed by atoms with E-state index in [4.69, 9.17) is 4.99 Å². The van der Waals surface area contributed by atoms with Gasteiger partial charge in [0.2, 0.25) is 0 Å². The Morgan fingerprint density at radius 2 is 1.95 bits per heavy atom. The van der Waals surface area contributed by atoms with Gasteiger partial charge < -0.3 is 0 Å². The molecule has 3 rings (SSSR count). The first kappa shape index (κ1) is 14.1. The minimum absolute atomic E-state index is 0.00382. The zero-order valence-electron chi connectivity index (χ0n) is 13.0. The van der Waals surface area contributed by atoms with E-state index in [0.717, 1.165) is 19.3 Å². The molecular formula is C20H23N. The summed E-state index contributed by atoms with van der Waals surface area (Å²) in [6, 6.07) is 15.2. The van der Waals surface area contributed by atoms with Crippen LogP contribution in [-0.4, -0.2) is 11.3 Å². The lowest BCUT2D eigenvalue weighted by molar-refractivity contribution is 0.584. The molecule has 0 saturated heterocycles. The van der Waals surface area contributed by atoms with Crippen molar-refractivity contribution >= 4 is 16.5 Å². The van der Waals surface area contributed by atoms with Gasteiger partial charge >= 0.3 is 0 Å². The van der Waals surface area contributed by atoms with Crippen LogP contribution in [0.2, 0.25) is 0 Å². The molecule has 1 aliphatic heterocycles. The molecule has 1 nitrogen and oxygen atoms in total. The highest BCUT2D eigenvalue weighted by molar-refractivity contribution is 6.04. The van der Waals surface area contributed by atoms with Crippen LogP contribution in [0.3, 0.4) is 0 Å². The molecule has 0 bridgehead atoms. The normalized spacial score (nSPS) is 22.1. The van der Waals surface area contributed by atoms with E-state index < -0.39 is 0 Å². The van der Waals surface area contributed by atoms with Crippen molar-refractivity contribution in [1.29, 1.82) is 0 Å². The molecule has 1 heteroatoms. The first-order valence-corrected chi connectivity index (χ1v) is 7.96. The number of rotatable bonds is 4. The second kappa shape index (κ2) is 5.85. The number of unbranched alkanes of at least 4 members (excludes halogenated alkanes) is 1. The number of hydrogen-bond donors (Lipinski definition) is 0. The van der Waals surface area contributed by atoms with Crippen molar-refractivity contribution < 1.29 is 0 Å². The van der Waals surface area contributed by atoms with E-state index in [1.807, 2.05) is 0 Å². The second-order valence-electron chi connectivity index (χ2n) is 6.17. The fourth-order valence-corrected chi connectivity index (χ4v) is 2.99. The summed E-state index contributed by atoms with van der Waals surface area (Å²) in [6.45, 7) is 4.46.